The Kier molecular flexibility index (Phi) is 7.52. The first-order valence-corrected chi connectivity index (χ1v) is 11.2. The first-order valence-electron chi connectivity index (χ1n) is 10.1. The van der Waals surface area contributed by atoms with Crippen molar-refractivity contribution in [2.24, 2.45) is 0 Å². The summed E-state index contributed by atoms with van der Waals surface area (Å²) in [5.74, 6) is 0.129. The van der Waals surface area contributed by atoms with E-state index in [1.807, 2.05) is 17.0 Å². The minimum Gasteiger partial charge on any atom is -0.380 e. The van der Waals surface area contributed by atoms with Crippen molar-refractivity contribution < 1.29 is 4.79 Å². The average Bonchev–Trinajstić information content (AvgIpc) is 3.01. The first-order chi connectivity index (χ1) is 14.4. The van der Waals surface area contributed by atoms with Crippen LogP contribution in [0.2, 0.25) is 15.1 Å². The molecule has 7 heteroatoms. The zero-order valence-electron chi connectivity index (χ0n) is 17.0. The maximum Gasteiger partial charge on any atom is 0.225 e. The molecule has 1 saturated heterocycles. The normalized spacial score (nSPS) is 18.7. The molecule has 0 aromatic heterocycles. The maximum atomic E-state index is 13.0. The summed E-state index contributed by atoms with van der Waals surface area (Å²) in [6, 6.07) is 12.7. The van der Waals surface area contributed by atoms with Gasteiger partial charge in [0.1, 0.15) is 6.07 Å². The highest BCUT2D eigenvalue weighted by molar-refractivity contribution is 6.33. The van der Waals surface area contributed by atoms with Crippen molar-refractivity contribution in [1.29, 1.82) is 5.26 Å². The molecule has 1 N–H and O–H groups in total. The van der Waals surface area contributed by atoms with Gasteiger partial charge in [0, 0.05) is 28.2 Å². The van der Waals surface area contributed by atoms with Crippen LogP contribution in [0.4, 0.5) is 5.69 Å². The van der Waals surface area contributed by atoms with Crippen LogP contribution in [0.15, 0.2) is 36.4 Å². The van der Waals surface area contributed by atoms with Gasteiger partial charge in [-0.2, -0.15) is 5.26 Å². The minimum atomic E-state index is -0.114. The topological polar surface area (TPSA) is 56.1 Å². The number of halogens is 3. The van der Waals surface area contributed by atoms with Gasteiger partial charge < -0.3 is 10.2 Å². The number of amides is 1. The molecule has 0 spiro atoms. The zero-order chi connectivity index (χ0) is 21.8. The van der Waals surface area contributed by atoms with Crippen LogP contribution in [-0.4, -0.2) is 28.9 Å². The Morgan fingerprint density at radius 3 is 2.50 bits per heavy atom. The third-order valence-electron chi connectivity index (χ3n) is 5.72. The molecular weight excluding hydrogens is 441 g/mol. The van der Waals surface area contributed by atoms with E-state index in [4.69, 9.17) is 40.1 Å². The monoisotopic (exact) mass is 463 g/mol. The second-order valence-corrected chi connectivity index (χ2v) is 8.79. The molecule has 2 aromatic rings. The van der Waals surface area contributed by atoms with Crippen LogP contribution in [0.1, 0.15) is 44.2 Å². The fraction of sp³-hybridized carbons (Fsp3) is 0.391. The Morgan fingerprint density at radius 2 is 1.87 bits per heavy atom. The molecule has 1 fully saturated rings. The molecule has 0 radical (unpaired) electrons. The van der Waals surface area contributed by atoms with Crippen LogP contribution < -0.4 is 5.32 Å². The van der Waals surface area contributed by atoms with Gasteiger partial charge in [0.15, 0.2) is 0 Å². The standard InChI is InChI=1S/C23H24Cl3N3O/c1-3-18(4-2)29-22(10-15-9-16(24)6-8-19(15)25)21(12-23(29)30)28-17-7-5-14(13-27)20(26)11-17/h5-9,11,18,21-22,28H,3-4,10,12H2,1-2H3/t21-,22?/m0/s1. The Bertz CT molecular complexity index is 969. The van der Waals surface area contributed by atoms with Crippen molar-refractivity contribution in [3.05, 3.63) is 62.6 Å². The summed E-state index contributed by atoms with van der Waals surface area (Å²) in [6.45, 7) is 4.21. The molecule has 4 nitrogen and oxygen atoms in total. The molecule has 0 bridgehead atoms. The fourth-order valence-electron chi connectivity index (χ4n) is 4.19. The van der Waals surface area contributed by atoms with Crippen molar-refractivity contribution >= 4 is 46.4 Å². The molecule has 1 aliphatic rings. The molecule has 3 rings (SSSR count). The van der Waals surface area contributed by atoms with Crippen LogP contribution in [-0.2, 0) is 11.2 Å². The van der Waals surface area contributed by atoms with Crippen molar-refractivity contribution in [2.75, 3.05) is 5.32 Å². The Morgan fingerprint density at radius 1 is 1.13 bits per heavy atom. The van der Waals surface area contributed by atoms with Gasteiger partial charge in [-0.3, -0.25) is 4.79 Å². The van der Waals surface area contributed by atoms with Gasteiger partial charge in [-0.25, -0.2) is 0 Å². The maximum absolute atomic E-state index is 13.0. The largest absolute Gasteiger partial charge is 0.380 e. The summed E-state index contributed by atoms with van der Waals surface area (Å²) in [5.41, 5.74) is 2.13. The number of nitriles is 1. The van der Waals surface area contributed by atoms with Crippen LogP contribution in [0.5, 0.6) is 0 Å². The smallest absolute Gasteiger partial charge is 0.225 e. The highest BCUT2D eigenvalue weighted by Crippen LogP contribution is 2.33. The van der Waals surface area contributed by atoms with Crippen LogP contribution >= 0.6 is 34.8 Å². The van der Waals surface area contributed by atoms with Crippen molar-refractivity contribution in [2.45, 2.75) is 57.7 Å². The van der Waals surface area contributed by atoms with Crippen molar-refractivity contribution in [3.63, 3.8) is 0 Å². The summed E-state index contributed by atoms with van der Waals surface area (Å²) >= 11 is 18.8. The second kappa shape index (κ2) is 9.92. The molecule has 1 amide bonds. The van der Waals surface area contributed by atoms with E-state index < -0.39 is 0 Å². The van der Waals surface area contributed by atoms with Gasteiger partial charge in [0.25, 0.3) is 0 Å². The fourth-order valence-corrected chi connectivity index (χ4v) is 4.80. The molecule has 1 heterocycles. The van der Waals surface area contributed by atoms with E-state index in [0.717, 1.165) is 24.1 Å². The van der Waals surface area contributed by atoms with Crippen LogP contribution in [0, 0.1) is 11.3 Å². The summed E-state index contributed by atoms with van der Waals surface area (Å²) in [4.78, 5) is 15.0. The van der Waals surface area contributed by atoms with E-state index in [1.165, 1.54) is 0 Å². The number of rotatable bonds is 7. The van der Waals surface area contributed by atoms with Crippen LogP contribution in [0.3, 0.4) is 0 Å². The van der Waals surface area contributed by atoms with Crippen LogP contribution in [0.25, 0.3) is 0 Å². The van der Waals surface area contributed by atoms with Gasteiger partial charge >= 0.3 is 0 Å². The number of anilines is 1. The molecule has 0 saturated carbocycles. The van der Waals surface area contributed by atoms with Gasteiger partial charge in [0.05, 0.1) is 22.7 Å². The van der Waals surface area contributed by atoms with E-state index in [2.05, 4.69) is 25.2 Å². The van der Waals surface area contributed by atoms with E-state index >= 15 is 0 Å². The molecule has 2 aromatic carbocycles. The third-order valence-corrected chi connectivity index (χ3v) is 6.64. The van der Waals surface area contributed by atoms with Gasteiger partial charge in [-0.15, -0.1) is 0 Å². The lowest BCUT2D eigenvalue weighted by atomic mass is 9.98. The lowest BCUT2D eigenvalue weighted by Gasteiger charge is -2.35. The summed E-state index contributed by atoms with van der Waals surface area (Å²) in [7, 11) is 0. The number of benzene rings is 2. The Balaban J connectivity index is 1.93. The summed E-state index contributed by atoms with van der Waals surface area (Å²) in [6.07, 6.45) is 2.76. The Labute approximate surface area is 192 Å². The molecular formula is C23H24Cl3N3O. The molecule has 2 atom stereocenters. The number of nitrogens with one attached hydrogen (secondary N) is 1. The van der Waals surface area contributed by atoms with Crippen molar-refractivity contribution in [3.8, 4) is 6.07 Å². The molecule has 0 aliphatic carbocycles. The van der Waals surface area contributed by atoms with Gasteiger partial charge in [-0.1, -0.05) is 48.7 Å². The second-order valence-electron chi connectivity index (χ2n) is 7.54. The number of carbonyl (C=O) groups is 1. The number of likely N-dealkylation sites (tertiary alicyclic amines) is 1. The number of nitrogens with zero attached hydrogens (tertiary/aromatic N) is 2. The Hall–Kier alpha value is -1.93. The highest BCUT2D eigenvalue weighted by atomic mass is 35.5. The number of carbonyl (C=O) groups excluding carboxylic acids is 1. The predicted molar refractivity (Wildman–Crippen MR) is 123 cm³/mol. The SMILES string of the molecule is CCC(CC)N1C(=O)C[C@H](Nc2ccc(C#N)c(Cl)c2)C1Cc1cc(Cl)ccc1Cl. The first kappa shape index (κ1) is 22.7. The van der Waals surface area contributed by atoms with Crippen molar-refractivity contribution in [1.82, 2.24) is 4.90 Å². The van der Waals surface area contributed by atoms with E-state index in [0.29, 0.717) is 33.5 Å². The third kappa shape index (κ3) is 4.86. The summed E-state index contributed by atoms with van der Waals surface area (Å²) in [5, 5.41) is 14.2. The summed E-state index contributed by atoms with van der Waals surface area (Å²) < 4.78 is 0. The predicted octanol–water partition coefficient (Wildman–Crippen LogP) is 6.33. The average molecular weight is 465 g/mol. The minimum absolute atomic E-state index is 0.0761. The zero-order valence-corrected chi connectivity index (χ0v) is 19.2. The molecule has 1 unspecified atom stereocenters. The molecule has 1 aliphatic heterocycles. The lowest BCUT2D eigenvalue weighted by molar-refractivity contribution is -0.131. The van der Waals surface area contributed by atoms with E-state index in [9.17, 15) is 4.79 Å². The number of hydrogen-bond acceptors (Lipinski definition) is 3. The van der Waals surface area contributed by atoms with E-state index in [-0.39, 0.29) is 24.0 Å². The highest BCUT2D eigenvalue weighted by Gasteiger charge is 2.42. The molecule has 158 valence electrons. The van der Waals surface area contributed by atoms with Gasteiger partial charge in [0.2, 0.25) is 5.91 Å². The molecule has 30 heavy (non-hydrogen) atoms. The lowest BCUT2D eigenvalue weighted by Crippen LogP contribution is -2.46. The quantitative estimate of drug-likeness (QED) is 0.521. The van der Waals surface area contributed by atoms with Gasteiger partial charge in [-0.05, 0) is 61.2 Å². The number of hydrogen-bond donors (Lipinski definition) is 1. The van der Waals surface area contributed by atoms with E-state index in [1.54, 1.807) is 24.3 Å².